The van der Waals surface area contributed by atoms with Crippen LogP contribution < -0.4 is 5.32 Å². The number of nitrogens with zero attached hydrogens (tertiary/aromatic N) is 2. The highest BCUT2D eigenvalue weighted by Crippen LogP contribution is 2.21. The second-order valence-corrected chi connectivity index (χ2v) is 5.22. The zero-order valence-corrected chi connectivity index (χ0v) is 12.1. The summed E-state index contributed by atoms with van der Waals surface area (Å²) >= 11 is 6.26. The van der Waals surface area contributed by atoms with Gasteiger partial charge in [-0.15, -0.1) is 0 Å². The third kappa shape index (κ3) is 3.15. The van der Waals surface area contributed by atoms with Gasteiger partial charge >= 0.3 is 0 Å². The summed E-state index contributed by atoms with van der Waals surface area (Å²) < 4.78 is 1.99. The SMILES string of the molecule is CCn1nc(C)c(Cl)c1CNCCC1=CCCC1. The summed E-state index contributed by atoms with van der Waals surface area (Å²) in [6.07, 6.45) is 7.44. The lowest BCUT2D eigenvalue weighted by atomic mass is 10.2. The van der Waals surface area contributed by atoms with Crippen LogP contribution in [0, 0.1) is 6.92 Å². The lowest BCUT2D eigenvalue weighted by molar-refractivity contribution is 0.578. The Kier molecular flexibility index (Phi) is 4.84. The Morgan fingerprint density at radius 3 is 3.00 bits per heavy atom. The molecule has 0 radical (unpaired) electrons. The van der Waals surface area contributed by atoms with E-state index in [1.54, 1.807) is 5.57 Å². The van der Waals surface area contributed by atoms with Crippen molar-refractivity contribution in [1.82, 2.24) is 15.1 Å². The van der Waals surface area contributed by atoms with Gasteiger partial charge in [-0.1, -0.05) is 23.3 Å². The van der Waals surface area contributed by atoms with E-state index < -0.39 is 0 Å². The van der Waals surface area contributed by atoms with Crippen LogP contribution in [-0.4, -0.2) is 16.3 Å². The first kappa shape index (κ1) is 13.6. The Bertz CT molecular complexity index is 434. The fourth-order valence-corrected chi connectivity index (χ4v) is 2.66. The average Bonchev–Trinajstić information content (AvgIpc) is 2.96. The Balaban J connectivity index is 1.82. The van der Waals surface area contributed by atoms with Crippen LogP contribution >= 0.6 is 11.6 Å². The summed E-state index contributed by atoms with van der Waals surface area (Å²) in [7, 11) is 0. The molecule has 0 aromatic carbocycles. The largest absolute Gasteiger partial charge is 0.311 e. The molecule has 0 aliphatic heterocycles. The molecule has 0 unspecified atom stereocenters. The third-order valence-electron chi connectivity index (χ3n) is 3.50. The molecule has 0 saturated heterocycles. The van der Waals surface area contributed by atoms with Gasteiger partial charge in [0.15, 0.2) is 0 Å². The van der Waals surface area contributed by atoms with Crippen molar-refractivity contribution in [1.29, 1.82) is 0 Å². The number of aryl methyl sites for hydroxylation is 2. The van der Waals surface area contributed by atoms with Gasteiger partial charge < -0.3 is 5.32 Å². The summed E-state index contributed by atoms with van der Waals surface area (Å²) in [5.41, 5.74) is 3.64. The molecule has 1 N–H and O–H groups in total. The Morgan fingerprint density at radius 1 is 1.50 bits per heavy atom. The molecule has 1 aromatic rings. The first-order valence-corrected chi connectivity index (χ1v) is 7.20. The summed E-state index contributed by atoms with van der Waals surface area (Å²) in [5.74, 6) is 0. The van der Waals surface area contributed by atoms with Gasteiger partial charge in [-0.05, 0) is 46.1 Å². The van der Waals surface area contributed by atoms with Crippen molar-refractivity contribution in [2.24, 2.45) is 0 Å². The van der Waals surface area contributed by atoms with Gasteiger partial charge in [0.25, 0.3) is 0 Å². The molecule has 1 aliphatic carbocycles. The molecule has 100 valence electrons. The smallest absolute Gasteiger partial charge is 0.0860 e. The Hall–Kier alpha value is -0.800. The van der Waals surface area contributed by atoms with Crippen LogP contribution in [0.2, 0.25) is 5.02 Å². The zero-order chi connectivity index (χ0) is 13.0. The number of aromatic nitrogens is 2. The van der Waals surface area contributed by atoms with Crippen molar-refractivity contribution in [3.05, 3.63) is 28.1 Å². The summed E-state index contributed by atoms with van der Waals surface area (Å²) in [6.45, 7) is 6.75. The van der Waals surface area contributed by atoms with E-state index in [4.69, 9.17) is 11.6 Å². The van der Waals surface area contributed by atoms with E-state index in [1.807, 2.05) is 11.6 Å². The maximum atomic E-state index is 6.26. The first-order valence-electron chi connectivity index (χ1n) is 6.82. The van der Waals surface area contributed by atoms with Crippen LogP contribution in [0.4, 0.5) is 0 Å². The van der Waals surface area contributed by atoms with E-state index in [9.17, 15) is 0 Å². The standard InChI is InChI=1S/C14H22ClN3/c1-3-18-13(14(15)11(2)17-18)10-16-9-8-12-6-4-5-7-12/h6,16H,3-5,7-10H2,1-2H3. The van der Waals surface area contributed by atoms with E-state index in [1.165, 1.54) is 19.3 Å². The number of nitrogens with one attached hydrogen (secondary N) is 1. The molecule has 0 amide bonds. The maximum absolute atomic E-state index is 6.26. The van der Waals surface area contributed by atoms with Gasteiger partial charge in [0.2, 0.25) is 0 Å². The number of hydrogen-bond donors (Lipinski definition) is 1. The molecular weight excluding hydrogens is 246 g/mol. The van der Waals surface area contributed by atoms with E-state index in [0.29, 0.717) is 0 Å². The Labute approximate surface area is 114 Å². The number of halogens is 1. The van der Waals surface area contributed by atoms with Gasteiger partial charge in [0, 0.05) is 13.1 Å². The van der Waals surface area contributed by atoms with E-state index in [2.05, 4.69) is 23.4 Å². The molecule has 0 spiro atoms. The molecule has 4 heteroatoms. The highest BCUT2D eigenvalue weighted by molar-refractivity contribution is 6.31. The highest BCUT2D eigenvalue weighted by atomic mass is 35.5. The fraction of sp³-hybridized carbons (Fsp3) is 0.643. The highest BCUT2D eigenvalue weighted by Gasteiger charge is 2.11. The fourth-order valence-electron chi connectivity index (χ4n) is 2.46. The minimum absolute atomic E-state index is 0.806. The minimum Gasteiger partial charge on any atom is -0.311 e. The van der Waals surface area contributed by atoms with E-state index in [0.717, 1.165) is 42.5 Å². The van der Waals surface area contributed by atoms with Crippen molar-refractivity contribution >= 4 is 11.6 Å². The predicted octanol–water partition coefficient (Wildman–Crippen LogP) is 3.45. The van der Waals surface area contributed by atoms with E-state index >= 15 is 0 Å². The molecular formula is C14H22ClN3. The second kappa shape index (κ2) is 6.39. The van der Waals surface area contributed by atoms with Crippen molar-refractivity contribution in [3.63, 3.8) is 0 Å². The normalized spacial score (nSPS) is 15.2. The molecule has 2 rings (SSSR count). The Morgan fingerprint density at radius 2 is 2.33 bits per heavy atom. The molecule has 0 atom stereocenters. The minimum atomic E-state index is 0.806. The lowest BCUT2D eigenvalue weighted by Gasteiger charge is -2.08. The monoisotopic (exact) mass is 267 g/mol. The van der Waals surface area contributed by atoms with Crippen molar-refractivity contribution < 1.29 is 0 Å². The molecule has 0 saturated carbocycles. The lowest BCUT2D eigenvalue weighted by Crippen LogP contribution is -2.18. The van der Waals surface area contributed by atoms with Crippen molar-refractivity contribution in [2.75, 3.05) is 6.54 Å². The zero-order valence-electron chi connectivity index (χ0n) is 11.3. The molecule has 1 aliphatic rings. The van der Waals surface area contributed by atoms with Crippen LogP contribution in [0.3, 0.4) is 0 Å². The third-order valence-corrected chi connectivity index (χ3v) is 3.99. The molecule has 18 heavy (non-hydrogen) atoms. The van der Waals surface area contributed by atoms with Crippen LogP contribution in [0.5, 0.6) is 0 Å². The average molecular weight is 268 g/mol. The van der Waals surface area contributed by atoms with Crippen LogP contribution in [0.25, 0.3) is 0 Å². The van der Waals surface area contributed by atoms with E-state index in [-0.39, 0.29) is 0 Å². The van der Waals surface area contributed by atoms with Gasteiger partial charge in [-0.25, -0.2) is 0 Å². The topological polar surface area (TPSA) is 29.9 Å². The molecule has 1 aromatic heterocycles. The second-order valence-electron chi connectivity index (χ2n) is 4.84. The van der Waals surface area contributed by atoms with Crippen LogP contribution in [-0.2, 0) is 13.1 Å². The quantitative estimate of drug-likeness (QED) is 0.632. The molecule has 0 bridgehead atoms. The molecule has 1 heterocycles. The molecule has 3 nitrogen and oxygen atoms in total. The number of allylic oxidation sites excluding steroid dienone is 1. The van der Waals surface area contributed by atoms with Gasteiger partial charge in [-0.3, -0.25) is 4.68 Å². The van der Waals surface area contributed by atoms with Crippen LogP contribution in [0.15, 0.2) is 11.6 Å². The van der Waals surface area contributed by atoms with Gasteiger partial charge in [-0.2, -0.15) is 5.10 Å². The van der Waals surface area contributed by atoms with Gasteiger partial charge in [0.05, 0.1) is 16.4 Å². The summed E-state index contributed by atoms with van der Waals surface area (Å²) in [5, 5.41) is 8.70. The maximum Gasteiger partial charge on any atom is 0.0860 e. The first-order chi connectivity index (χ1) is 8.72. The summed E-state index contributed by atoms with van der Waals surface area (Å²) in [4.78, 5) is 0. The van der Waals surface area contributed by atoms with Crippen molar-refractivity contribution in [3.8, 4) is 0 Å². The number of rotatable bonds is 6. The van der Waals surface area contributed by atoms with Crippen molar-refractivity contribution in [2.45, 2.75) is 52.6 Å². The molecule has 0 fully saturated rings. The number of hydrogen-bond acceptors (Lipinski definition) is 2. The predicted molar refractivity (Wildman–Crippen MR) is 75.9 cm³/mol. The van der Waals surface area contributed by atoms with Gasteiger partial charge in [0.1, 0.15) is 0 Å². The summed E-state index contributed by atoms with van der Waals surface area (Å²) in [6, 6.07) is 0. The van der Waals surface area contributed by atoms with Crippen LogP contribution in [0.1, 0.15) is 44.0 Å².